The fourth-order valence-corrected chi connectivity index (χ4v) is 6.36. The van der Waals surface area contributed by atoms with E-state index in [1.54, 1.807) is 6.20 Å². The highest BCUT2D eigenvalue weighted by Crippen LogP contribution is 2.37. The lowest BCUT2D eigenvalue weighted by Gasteiger charge is -2.37. The summed E-state index contributed by atoms with van der Waals surface area (Å²) < 4.78 is 19.1. The van der Waals surface area contributed by atoms with Crippen molar-refractivity contribution in [3.63, 3.8) is 0 Å². The molecule has 206 valence electrons. The van der Waals surface area contributed by atoms with Gasteiger partial charge in [-0.2, -0.15) is 0 Å². The summed E-state index contributed by atoms with van der Waals surface area (Å²) in [5.41, 5.74) is 4.44. The summed E-state index contributed by atoms with van der Waals surface area (Å²) in [4.78, 5) is 37.1. The number of aromatic amines is 2. The molecular formula is C29H31FN8O2. The Morgan fingerprint density at radius 3 is 2.70 bits per heavy atom. The van der Waals surface area contributed by atoms with Crippen molar-refractivity contribution in [1.82, 2.24) is 38.8 Å². The van der Waals surface area contributed by atoms with E-state index in [4.69, 9.17) is 0 Å². The van der Waals surface area contributed by atoms with Crippen molar-refractivity contribution in [3.05, 3.63) is 70.7 Å². The molecule has 40 heavy (non-hydrogen) atoms. The number of likely N-dealkylation sites (tertiary alicyclic amines) is 1. The molecule has 2 aliphatic heterocycles. The van der Waals surface area contributed by atoms with E-state index in [0.717, 1.165) is 48.4 Å². The van der Waals surface area contributed by atoms with E-state index in [1.807, 2.05) is 44.8 Å². The summed E-state index contributed by atoms with van der Waals surface area (Å²) in [6.07, 6.45) is 7.41. The van der Waals surface area contributed by atoms with Gasteiger partial charge >= 0.3 is 6.03 Å². The summed E-state index contributed by atoms with van der Waals surface area (Å²) in [6, 6.07) is 9.18. The number of piperidine rings is 1. The number of imidazole rings is 1. The van der Waals surface area contributed by atoms with E-state index in [1.165, 1.54) is 12.1 Å². The van der Waals surface area contributed by atoms with Crippen LogP contribution in [0.3, 0.4) is 0 Å². The highest BCUT2D eigenvalue weighted by atomic mass is 19.1. The highest BCUT2D eigenvalue weighted by molar-refractivity contribution is 6.00. The van der Waals surface area contributed by atoms with Gasteiger partial charge in [0.2, 0.25) is 0 Å². The molecule has 0 atom stereocenters. The lowest BCUT2D eigenvalue weighted by atomic mass is 10.0. The van der Waals surface area contributed by atoms with Crippen molar-refractivity contribution in [2.75, 3.05) is 33.7 Å². The number of halogens is 1. The highest BCUT2D eigenvalue weighted by Gasteiger charge is 2.30. The Kier molecular flexibility index (Phi) is 5.77. The van der Waals surface area contributed by atoms with Gasteiger partial charge in [0.25, 0.3) is 5.56 Å². The van der Waals surface area contributed by atoms with Gasteiger partial charge in [-0.05, 0) is 56.8 Å². The standard InChI is InChI=1S/C29H31FN8O2/c1-34(2)20-6-9-35(10-7-20)29(40)37-12-11-36-17-22(21-14-19(30)13-18(16-37)27(21)36)25-26(32-33-28(25)39)23-15-31-24-5-3-4-8-38(23)24/h3-5,8,13-15,17,20H,6-7,9-12,16H2,1-2H3,(H2,32,33,39). The van der Waals surface area contributed by atoms with Crippen LogP contribution in [-0.2, 0) is 13.1 Å². The van der Waals surface area contributed by atoms with Crippen LogP contribution >= 0.6 is 0 Å². The first-order valence-corrected chi connectivity index (χ1v) is 13.6. The van der Waals surface area contributed by atoms with Gasteiger partial charge in [-0.1, -0.05) is 6.07 Å². The molecule has 0 aliphatic carbocycles. The number of carbonyl (C=O) groups is 1. The Morgan fingerprint density at radius 1 is 1.07 bits per heavy atom. The van der Waals surface area contributed by atoms with Crippen LogP contribution in [0.15, 0.2) is 53.7 Å². The number of rotatable bonds is 3. The van der Waals surface area contributed by atoms with Crippen LogP contribution in [0, 0.1) is 5.82 Å². The predicted molar refractivity (Wildman–Crippen MR) is 151 cm³/mol. The van der Waals surface area contributed by atoms with Gasteiger partial charge in [-0.3, -0.25) is 19.4 Å². The van der Waals surface area contributed by atoms with E-state index < -0.39 is 5.82 Å². The van der Waals surface area contributed by atoms with Gasteiger partial charge in [0.15, 0.2) is 0 Å². The van der Waals surface area contributed by atoms with E-state index in [2.05, 4.69) is 38.7 Å². The molecule has 0 spiro atoms. The number of amides is 2. The maximum atomic E-state index is 15.1. The van der Waals surface area contributed by atoms with Crippen molar-refractivity contribution in [3.8, 4) is 22.5 Å². The molecular weight excluding hydrogens is 511 g/mol. The number of aromatic nitrogens is 5. The number of hydrogen-bond donors (Lipinski definition) is 2. The largest absolute Gasteiger partial charge is 0.345 e. The summed E-state index contributed by atoms with van der Waals surface area (Å²) in [7, 11) is 4.16. The number of nitrogens with one attached hydrogen (secondary N) is 2. The molecule has 0 saturated carbocycles. The van der Waals surface area contributed by atoms with E-state index in [9.17, 15) is 9.59 Å². The minimum absolute atomic E-state index is 0.00225. The zero-order valence-corrected chi connectivity index (χ0v) is 22.5. The maximum absolute atomic E-state index is 15.1. The van der Waals surface area contributed by atoms with Crippen LogP contribution in [0.25, 0.3) is 39.1 Å². The molecule has 0 bridgehead atoms. The number of benzene rings is 1. The monoisotopic (exact) mass is 542 g/mol. The average molecular weight is 543 g/mol. The van der Waals surface area contributed by atoms with E-state index in [0.29, 0.717) is 47.9 Å². The summed E-state index contributed by atoms with van der Waals surface area (Å²) in [5.74, 6) is -0.397. The third kappa shape index (κ3) is 3.91. The summed E-state index contributed by atoms with van der Waals surface area (Å²) in [6.45, 7) is 2.79. The third-order valence-corrected chi connectivity index (χ3v) is 8.44. The molecule has 11 heteroatoms. The lowest BCUT2D eigenvalue weighted by molar-refractivity contribution is 0.117. The number of carbonyl (C=O) groups excluding carboxylic acids is 1. The fourth-order valence-electron chi connectivity index (χ4n) is 6.36. The van der Waals surface area contributed by atoms with Gasteiger partial charge in [-0.25, -0.2) is 14.2 Å². The molecule has 2 aliphatic rings. The minimum atomic E-state index is -0.397. The second-order valence-electron chi connectivity index (χ2n) is 11.0. The lowest BCUT2D eigenvalue weighted by Crippen LogP contribution is -2.49. The smallest absolute Gasteiger partial charge is 0.320 e. The van der Waals surface area contributed by atoms with Gasteiger partial charge in [0, 0.05) is 62.1 Å². The Labute approximate surface area is 229 Å². The van der Waals surface area contributed by atoms with Gasteiger partial charge in [0.05, 0.1) is 28.7 Å². The van der Waals surface area contributed by atoms with Crippen LogP contribution in [0.4, 0.5) is 9.18 Å². The molecule has 1 saturated heterocycles. The Morgan fingerprint density at radius 2 is 1.90 bits per heavy atom. The quantitative estimate of drug-likeness (QED) is 0.363. The number of fused-ring (bicyclic) bond motifs is 1. The second-order valence-corrected chi connectivity index (χ2v) is 11.0. The Bertz CT molecular complexity index is 1800. The zero-order valence-electron chi connectivity index (χ0n) is 22.5. The topological polar surface area (TPSA) is 97.7 Å². The molecule has 7 rings (SSSR count). The summed E-state index contributed by atoms with van der Waals surface area (Å²) in [5, 5.41) is 6.39. The molecule has 0 unspecified atom stereocenters. The van der Waals surface area contributed by atoms with E-state index >= 15 is 4.39 Å². The van der Waals surface area contributed by atoms with Gasteiger partial charge in [-0.15, -0.1) is 0 Å². The third-order valence-electron chi connectivity index (χ3n) is 8.44. The zero-order chi connectivity index (χ0) is 27.5. The minimum Gasteiger partial charge on any atom is -0.345 e. The van der Waals surface area contributed by atoms with Crippen LogP contribution in [0.2, 0.25) is 0 Å². The van der Waals surface area contributed by atoms with Crippen LogP contribution in [0.5, 0.6) is 0 Å². The Balaban J connectivity index is 1.27. The number of hydrogen-bond acceptors (Lipinski definition) is 4. The molecule has 1 aromatic carbocycles. The molecule has 6 heterocycles. The number of urea groups is 1. The van der Waals surface area contributed by atoms with E-state index in [-0.39, 0.29) is 11.6 Å². The SMILES string of the molecule is CN(C)C1CCN(C(=O)N2CCn3cc(-c4c(-c5cnc6ccccn56)[nH][nH]c4=O)c4cc(F)cc(c43)C2)CC1. The first kappa shape index (κ1) is 24.6. The molecule has 0 radical (unpaired) electrons. The first-order valence-electron chi connectivity index (χ1n) is 13.6. The van der Waals surface area contributed by atoms with Crippen molar-refractivity contribution >= 4 is 22.6 Å². The van der Waals surface area contributed by atoms with Crippen LogP contribution in [-0.4, -0.2) is 84.7 Å². The van der Waals surface area contributed by atoms with Crippen molar-refractivity contribution < 1.29 is 9.18 Å². The molecule has 2 N–H and O–H groups in total. The van der Waals surface area contributed by atoms with Crippen molar-refractivity contribution in [2.24, 2.45) is 0 Å². The number of H-pyrrole nitrogens is 2. The van der Waals surface area contributed by atoms with Crippen molar-refractivity contribution in [1.29, 1.82) is 0 Å². The average Bonchev–Trinajstić information content (AvgIpc) is 3.61. The maximum Gasteiger partial charge on any atom is 0.320 e. The van der Waals surface area contributed by atoms with Gasteiger partial charge < -0.3 is 19.3 Å². The van der Waals surface area contributed by atoms with Crippen LogP contribution in [0.1, 0.15) is 18.4 Å². The predicted octanol–water partition coefficient (Wildman–Crippen LogP) is 3.74. The second kappa shape index (κ2) is 9.37. The molecule has 2 amide bonds. The normalized spacial score (nSPS) is 16.4. The molecule has 1 fully saturated rings. The molecule has 10 nitrogen and oxygen atoms in total. The first-order chi connectivity index (χ1) is 19.4. The van der Waals surface area contributed by atoms with Crippen LogP contribution < -0.4 is 5.56 Å². The molecule has 5 aromatic rings. The number of pyridine rings is 1. The van der Waals surface area contributed by atoms with Crippen molar-refractivity contribution in [2.45, 2.75) is 32.0 Å². The van der Waals surface area contributed by atoms with Gasteiger partial charge in [0.1, 0.15) is 11.5 Å². The fraction of sp³-hybridized carbons (Fsp3) is 0.345. The molecule has 4 aromatic heterocycles. The number of nitrogens with zero attached hydrogens (tertiary/aromatic N) is 6. The summed E-state index contributed by atoms with van der Waals surface area (Å²) >= 11 is 0. The Hall–Kier alpha value is -4.38.